The minimum Gasteiger partial charge on any atom is -0.627 e. The molecule has 0 unspecified atom stereocenters. The highest BCUT2D eigenvalue weighted by molar-refractivity contribution is 6.54. The van der Waals surface area contributed by atoms with Crippen LogP contribution in [0.25, 0.3) is 17.3 Å². The zero-order chi connectivity index (χ0) is 74.2. The van der Waals surface area contributed by atoms with Crippen molar-refractivity contribution in [2.24, 2.45) is 0 Å². The maximum atomic E-state index is 14.5. The monoisotopic (exact) mass is 1410 g/mol. The molecule has 0 spiro atoms. The summed E-state index contributed by atoms with van der Waals surface area (Å²) in [6, 6.07) is 71.8. The van der Waals surface area contributed by atoms with Crippen LogP contribution in [0.5, 0.6) is 0 Å². The molecule has 0 aromatic heterocycles. The number of nitrogens with zero attached hydrogens (tertiary/aromatic N) is 5. The third-order valence-electron chi connectivity index (χ3n) is 18.0. The number of rotatable bonds is 12. The van der Waals surface area contributed by atoms with Gasteiger partial charge in [-0.1, -0.05) is 125 Å². The van der Waals surface area contributed by atoms with E-state index in [1.165, 1.54) is 34.9 Å². The minimum atomic E-state index is -4.51. The Bertz CT molecular complexity index is 5010. The smallest absolute Gasteiger partial charge is 0.627 e. The van der Waals surface area contributed by atoms with Crippen molar-refractivity contribution in [3.05, 3.63) is 364 Å². The van der Waals surface area contributed by atoms with Crippen LogP contribution in [0, 0.1) is 34.6 Å². The summed E-state index contributed by atoms with van der Waals surface area (Å²) in [5.41, 5.74) is 18.8. The number of allylic oxidation sites excluding steroid dienone is 13. The molecule has 3 heterocycles. The normalized spacial score (nSPS) is 15.8. The van der Waals surface area contributed by atoms with Crippen LogP contribution in [0.4, 0.5) is 71.4 Å². The molecule has 530 valence electrons. The Kier molecular flexibility index (Phi) is 21.6. The lowest BCUT2D eigenvalue weighted by Gasteiger charge is -2.35. The fourth-order valence-electron chi connectivity index (χ4n) is 11.9. The first-order valence-electron chi connectivity index (χ1n) is 34.3. The van der Waals surface area contributed by atoms with Gasteiger partial charge in [-0.25, -0.2) is 4.58 Å². The van der Waals surface area contributed by atoms with Crippen LogP contribution in [0.2, 0.25) is 0 Å². The standard InChI is InChI=1S/C31H29BF2N2O2.C29H24BF2NO2.C25H25BF2N2O2/c1-22-5-13-26(14-6-22)35(3)28-17-9-24(10-18-28)30-21-31(38-32(33,34)37-30)25-11-19-29(20-12-25)36(4)27-15-7-23(2)8-16-27;1-21-11-15-25(16-12-21)33(26-17-13-22(2)14-18-26)27-10-6-9-24(19-27)29-20-28(34-30(31,32)35-29)23-7-4-3-5-8-23;1-18-5-11-22(12-6-18)30(4)23-15-9-20(10-16-23)25-17-24(31-26(27,28)32-25)19-7-13-21(14-8-19)29(2)3/h5-21H,1-4H3;3-20H,1-2H3;5-17H,1-4H3. The molecule has 0 fully saturated rings. The molecule has 3 aliphatic heterocycles. The summed E-state index contributed by atoms with van der Waals surface area (Å²) in [6.45, 7) is 10.2. The highest BCUT2D eigenvalue weighted by atomic mass is 19.3. The van der Waals surface area contributed by atoms with E-state index in [4.69, 9.17) is 27.6 Å². The Morgan fingerprint density at radius 2 is 0.686 bits per heavy atom. The first-order valence-corrected chi connectivity index (χ1v) is 34.3. The van der Waals surface area contributed by atoms with Gasteiger partial charge in [0, 0.05) is 130 Å². The van der Waals surface area contributed by atoms with Gasteiger partial charge >= 0.3 is 21.3 Å². The molecule has 0 bridgehead atoms. The molecular formula is C85H78B3F6N5O6. The zero-order valence-corrected chi connectivity index (χ0v) is 59.9. The summed E-state index contributed by atoms with van der Waals surface area (Å²) in [7, 11) is -3.75. The van der Waals surface area contributed by atoms with Crippen LogP contribution < -0.4 is 14.7 Å². The summed E-state index contributed by atoms with van der Waals surface area (Å²) in [5.74, 6) is 0.453. The van der Waals surface area contributed by atoms with Crippen LogP contribution in [0.1, 0.15) is 54.4 Å². The molecule has 0 saturated carbocycles. The minimum absolute atomic E-state index is 0.0646. The second-order valence-corrected chi connectivity index (χ2v) is 26.1. The van der Waals surface area contributed by atoms with Gasteiger partial charge in [-0.05, 0) is 174 Å². The van der Waals surface area contributed by atoms with Crippen molar-refractivity contribution in [2.75, 3.05) is 49.9 Å². The van der Waals surface area contributed by atoms with E-state index in [1.54, 1.807) is 78.9 Å². The lowest BCUT2D eigenvalue weighted by atomic mass is 10.0. The summed E-state index contributed by atoms with van der Waals surface area (Å²) in [4.78, 5) is 6.16. The number of halogens is 6. The number of aryl methyl sites for hydroxylation is 5. The van der Waals surface area contributed by atoms with Crippen molar-refractivity contribution < 1.29 is 62.7 Å². The molecule has 9 aromatic rings. The first-order chi connectivity index (χ1) is 50.3. The van der Waals surface area contributed by atoms with Crippen LogP contribution >= 0.6 is 0 Å². The molecule has 14 rings (SSSR count). The van der Waals surface area contributed by atoms with Crippen molar-refractivity contribution in [1.29, 1.82) is 0 Å². The molecular weight excluding hydrogens is 1330 g/mol. The van der Waals surface area contributed by atoms with Crippen molar-refractivity contribution in [1.82, 2.24) is 0 Å². The number of ketones is 1. The molecule has 5 aliphatic rings. The molecule has 11 nitrogen and oxygen atoms in total. The second kappa shape index (κ2) is 31.2. The number of hydrogen-bond donors (Lipinski definition) is 0. The van der Waals surface area contributed by atoms with E-state index in [9.17, 15) is 25.9 Å². The number of hydrogen-bond acceptors (Lipinski definition) is 8. The van der Waals surface area contributed by atoms with E-state index in [0.717, 1.165) is 68.0 Å². The lowest BCUT2D eigenvalue weighted by molar-refractivity contribution is -0.462. The predicted molar refractivity (Wildman–Crippen MR) is 416 cm³/mol. The number of benzene rings is 9. The molecule has 0 N–H and O–H groups in total. The van der Waals surface area contributed by atoms with Crippen LogP contribution in [-0.4, -0.2) is 82.9 Å². The topological polar surface area (TPSA) is 73.2 Å². The molecule has 20 heteroatoms. The van der Waals surface area contributed by atoms with E-state index < -0.39 is 21.3 Å². The number of anilines is 7. The highest BCUT2D eigenvalue weighted by Gasteiger charge is 2.53. The average molecular weight is 1410 g/mol. The van der Waals surface area contributed by atoms with Crippen molar-refractivity contribution in [2.45, 2.75) is 34.6 Å². The van der Waals surface area contributed by atoms with E-state index in [-0.39, 0.29) is 34.6 Å². The predicted octanol–water partition coefficient (Wildman–Crippen LogP) is 21.2. The van der Waals surface area contributed by atoms with E-state index in [2.05, 4.69) is 53.4 Å². The van der Waals surface area contributed by atoms with Crippen molar-refractivity contribution in [3.8, 4) is 0 Å². The van der Waals surface area contributed by atoms with Gasteiger partial charge in [0.25, 0.3) is 5.78 Å². The van der Waals surface area contributed by atoms with Gasteiger partial charge in [0.05, 0.1) is 40.4 Å². The summed E-state index contributed by atoms with van der Waals surface area (Å²) in [5, 5.41) is 0. The van der Waals surface area contributed by atoms with Gasteiger partial charge < -0.3 is 68.2 Å². The second-order valence-electron chi connectivity index (χ2n) is 26.1. The Labute approximate surface area is 609 Å². The lowest BCUT2D eigenvalue weighted by Crippen LogP contribution is -2.34. The maximum absolute atomic E-state index is 14.5. The molecule has 105 heavy (non-hydrogen) atoms. The number of carbonyl (C=O) groups excluding carboxylic acids is 1. The van der Waals surface area contributed by atoms with Gasteiger partial charge in [-0.3, -0.25) is 0 Å². The van der Waals surface area contributed by atoms with Crippen LogP contribution in [-0.2, 0) is 23.3 Å². The third kappa shape index (κ3) is 18.2. The van der Waals surface area contributed by atoms with Gasteiger partial charge in [-0.2, -0.15) is 4.58 Å². The molecule has 0 saturated heterocycles. The Hall–Kier alpha value is -12.2. The molecule has 0 amide bonds. The Morgan fingerprint density at radius 3 is 1.10 bits per heavy atom. The summed E-state index contributed by atoms with van der Waals surface area (Å²) in [6.07, 6.45) is 19.1. The van der Waals surface area contributed by atoms with Gasteiger partial charge in [0.1, 0.15) is 21.1 Å². The SMILES string of the molecule is Cc1ccc(N(C)c2ccc(C3=CC(=C4C=CC(=[N+](C)C)C=C4)O[B-](F)(F)O3)cc2)cc1.Cc1ccc(N(C)c2ccc(C3=CC(=C4C=CC(=[N+](C)c5ccc(C)cc5)C=C4)O[B-](F)(F)O3)cc2)cc1.Cc1ccc(N(c2ccc(C)cc2)c2cccc(C3=[O+][B-](F)(F)OC(c4ccccc4)=C3)c2)cc1. The quantitative estimate of drug-likeness (QED) is 0.0518. The molecule has 2 aliphatic carbocycles. The summed E-state index contributed by atoms with van der Waals surface area (Å²) >= 11 is 0. The first kappa shape index (κ1) is 72.6. The van der Waals surface area contributed by atoms with Gasteiger partial charge in [-0.15, -0.1) is 0 Å². The van der Waals surface area contributed by atoms with Crippen molar-refractivity contribution in [3.63, 3.8) is 0 Å². The average Bonchev–Trinajstić information content (AvgIpc) is 0.792. The van der Waals surface area contributed by atoms with Gasteiger partial charge in [0.15, 0.2) is 5.71 Å². The van der Waals surface area contributed by atoms with Gasteiger partial charge in [0.2, 0.25) is 11.4 Å². The fraction of sp³-hybridized carbons (Fsp3) is 0.118. The van der Waals surface area contributed by atoms with E-state index in [0.29, 0.717) is 33.4 Å². The van der Waals surface area contributed by atoms with E-state index >= 15 is 0 Å². The molecule has 9 aromatic carbocycles. The third-order valence-corrected chi connectivity index (χ3v) is 18.0. The van der Waals surface area contributed by atoms with E-state index in [1.807, 2.05) is 234 Å². The molecule has 0 atom stereocenters. The zero-order valence-electron chi connectivity index (χ0n) is 59.9. The maximum Gasteiger partial charge on any atom is 0.995 e. The highest BCUT2D eigenvalue weighted by Crippen LogP contribution is 2.40. The van der Waals surface area contributed by atoms with Crippen molar-refractivity contribution >= 4 is 101 Å². The Balaban J connectivity index is 0.000000148. The summed E-state index contributed by atoms with van der Waals surface area (Å²) < 4.78 is 120. The fourth-order valence-corrected chi connectivity index (χ4v) is 11.9. The van der Waals surface area contributed by atoms with Crippen LogP contribution in [0.3, 0.4) is 0 Å². The molecule has 0 radical (unpaired) electrons. The largest absolute Gasteiger partial charge is 0.995 e. The van der Waals surface area contributed by atoms with Crippen LogP contribution in [0.15, 0.2) is 314 Å². The Morgan fingerprint density at radius 1 is 0.333 bits per heavy atom.